The second-order valence-corrected chi connectivity index (χ2v) is 3.22. The number of ether oxygens (including phenoxy) is 1. The molecule has 0 aromatic heterocycles. The van der Waals surface area contributed by atoms with Crippen molar-refractivity contribution in [3.8, 4) is 5.75 Å². The Hall–Kier alpha value is -1.22. The summed E-state index contributed by atoms with van der Waals surface area (Å²) in [4.78, 5) is 0. The molecule has 0 saturated heterocycles. The van der Waals surface area contributed by atoms with E-state index in [1.54, 1.807) is 7.11 Å². The van der Waals surface area contributed by atoms with Crippen LogP contribution in [0.4, 0.5) is 5.69 Å². The highest BCUT2D eigenvalue weighted by atomic mass is 16.5. The van der Waals surface area contributed by atoms with Crippen molar-refractivity contribution in [2.24, 2.45) is 0 Å². The third-order valence-electron chi connectivity index (χ3n) is 2.37. The minimum Gasteiger partial charge on any atom is -0.495 e. The van der Waals surface area contributed by atoms with E-state index in [4.69, 9.17) is 9.84 Å². The zero-order chi connectivity index (χ0) is 9.26. The van der Waals surface area contributed by atoms with E-state index >= 15 is 0 Å². The van der Waals surface area contributed by atoms with Gasteiger partial charge < -0.3 is 15.2 Å². The average molecular weight is 179 g/mol. The van der Waals surface area contributed by atoms with E-state index in [0.717, 1.165) is 17.9 Å². The molecule has 1 aromatic rings. The van der Waals surface area contributed by atoms with Gasteiger partial charge >= 0.3 is 0 Å². The Balaban J connectivity index is 2.33. The van der Waals surface area contributed by atoms with Crippen LogP contribution < -0.4 is 10.1 Å². The van der Waals surface area contributed by atoms with E-state index in [1.807, 2.05) is 12.1 Å². The molecule has 1 atom stereocenters. The van der Waals surface area contributed by atoms with Crippen molar-refractivity contribution in [3.05, 3.63) is 23.8 Å². The zero-order valence-corrected chi connectivity index (χ0v) is 7.58. The molecule has 3 heteroatoms. The molecule has 0 spiro atoms. The van der Waals surface area contributed by atoms with Gasteiger partial charge in [-0.15, -0.1) is 0 Å². The lowest BCUT2D eigenvalue weighted by atomic mass is 10.1. The summed E-state index contributed by atoms with van der Waals surface area (Å²) in [5.74, 6) is 0.855. The molecule has 1 aliphatic rings. The van der Waals surface area contributed by atoms with Crippen LogP contribution in [0.15, 0.2) is 18.2 Å². The number of hydrogen-bond acceptors (Lipinski definition) is 3. The maximum atomic E-state index is 9.00. The summed E-state index contributed by atoms with van der Waals surface area (Å²) in [5, 5.41) is 12.2. The Morgan fingerprint density at radius 2 is 2.46 bits per heavy atom. The maximum absolute atomic E-state index is 9.00. The predicted molar refractivity (Wildman–Crippen MR) is 51.2 cm³/mol. The fourth-order valence-corrected chi connectivity index (χ4v) is 1.71. The van der Waals surface area contributed by atoms with Crippen LogP contribution in [0.1, 0.15) is 5.56 Å². The van der Waals surface area contributed by atoms with Crippen LogP contribution in [0.5, 0.6) is 5.75 Å². The van der Waals surface area contributed by atoms with Crippen LogP contribution in [0, 0.1) is 0 Å². The Bertz CT molecular complexity index is 312. The molecule has 13 heavy (non-hydrogen) atoms. The number of para-hydroxylation sites is 1. The lowest BCUT2D eigenvalue weighted by Gasteiger charge is -2.08. The van der Waals surface area contributed by atoms with E-state index in [0.29, 0.717) is 0 Å². The van der Waals surface area contributed by atoms with Crippen LogP contribution in [0.25, 0.3) is 0 Å². The van der Waals surface area contributed by atoms with Gasteiger partial charge in [0.2, 0.25) is 0 Å². The third-order valence-corrected chi connectivity index (χ3v) is 2.37. The number of aliphatic hydroxyl groups excluding tert-OH is 1. The van der Waals surface area contributed by atoms with Gasteiger partial charge in [-0.1, -0.05) is 12.1 Å². The van der Waals surface area contributed by atoms with Gasteiger partial charge in [0, 0.05) is 0 Å². The van der Waals surface area contributed by atoms with Gasteiger partial charge in [0.25, 0.3) is 0 Å². The molecule has 1 heterocycles. The van der Waals surface area contributed by atoms with Crippen LogP contribution in [-0.2, 0) is 6.42 Å². The number of benzene rings is 1. The summed E-state index contributed by atoms with van der Waals surface area (Å²) in [6, 6.07) is 6.09. The standard InChI is InChI=1S/C10H13NO2/c1-13-9-4-2-3-7-5-8(6-12)11-10(7)9/h2-4,8,11-12H,5-6H2,1H3/t8-/m1/s1. The van der Waals surface area contributed by atoms with E-state index in [2.05, 4.69) is 11.4 Å². The molecule has 0 aliphatic carbocycles. The van der Waals surface area contributed by atoms with Gasteiger partial charge in [0.15, 0.2) is 0 Å². The van der Waals surface area contributed by atoms with Crippen molar-refractivity contribution in [1.29, 1.82) is 0 Å². The quantitative estimate of drug-likeness (QED) is 0.712. The lowest BCUT2D eigenvalue weighted by molar-refractivity contribution is 0.277. The molecule has 0 unspecified atom stereocenters. The Labute approximate surface area is 77.3 Å². The van der Waals surface area contributed by atoms with Crippen LogP contribution in [0.2, 0.25) is 0 Å². The van der Waals surface area contributed by atoms with Crippen molar-refractivity contribution < 1.29 is 9.84 Å². The Kier molecular flexibility index (Phi) is 2.10. The summed E-state index contributed by atoms with van der Waals surface area (Å²) in [6.07, 6.45) is 0.878. The van der Waals surface area contributed by atoms with Crippen LogP contribution in [0.3, 0.4) is 0 Å². The molecule has 2 rings (SSSR count). The van der Waals surface area contributed by atoms with Gasteiger partial charge in [-0.25, -0.2) is 0 Å². The van der Waals surface area contributed by atoms with E-state index in [1.165, 1.54) is 5.56 Å². The van der Waals surface area contributed by atoms with Crippen molar-refractivity contribution >= 4 is 5.69 Å². The highest BCUT2D eigenvalue weighted by Gasteiger charge is 2.22. The normalized spacial score (nSPS) is 19.4. The van der Waals surface area contributed by atoms with Crippen molar-refractivity contribution in [2.75, 3.05) is 19.0 Å². The summed E-state index contributed by atoms with van der Waals surface area (Å²) in [6.45, 7) is 0.165. The Morgan fingerprint density at radius 1 is 1.62 bits per heavy atom. The fraction of sp³-hybridized carbons (Fsp3) is 0.400. The minimum atomic E-state index is 0.145. The molecule has 0 amide bonds. The van der Waals surface area contributed by atoms with E-state index in [-0.39, 0.29) is 12.6 Å². The van der Waals surface area contributed by atoms with Crippen LogP contribution >= 0.6 is 0 Å². The number of nitrogens with one attached hydrogen (secondary N) is 1. The Morgan fingerprint density at radius 3 is 3.15 bits per heavy atom. The van der Waals surface area contributed by atoms with Crippen molar-refractivity contribution in [3.63, 3.8) is 0 Å². The van der Waals surface area contributed by atoms with Gasteiger partial charge in [-0.2, -0.15) is 0 Å². The monoisotopic (exact) mass is 179 g/mol. The maximum Gasteiger partial charge on any atom is 0.142 e. The molecule has 0 radical (unpaired) electrons. The average Bonchev–Trinajstić information content (AvgIpc) is 2.59. The van der Waals surface area contributed by atoms with Gasteiger partial charge in [0.1, 0.15) is 5.75 Å². The first kappa shape index (κ1) is 8.38. The third kappa shape index (κ3) is 1.35. The van der Waals surface area contributed by atoms with Gasteiger partial charge in [-0.3, -0.25) is 0 Å². The molecule has 1 aliphatic heterocycles. The molecule has 0 fully saturated rings. The number of anilines is 1. The first-order valence-corrected chi connectivity index (χ1v) is 4.38. The molecule has 3 nitrogen and oxygen atoms in total. The van der Waals surface area contributed by atoms with Crippen molar-refractivity contribution in [1.82, 2.24) is 0 Å². The molecular weight excluding hydrogens is 166 g/mol. The second kappa shape index (κ2) is 3.26. The molecule has 70 valence electrons. The lowest BCUT2D eigenvalue weighted by Crippen LogP contribution is -2.19. The molecular formula is C10H13NO2. The first-order valence-electron chi connectivity index (χ1n) is 4.38. The minimum absolute atomic E-state index is 0.145. The first-order chi connectivity index (χ1) is 6.35. The summed E-state index contributed by atoms with van der Waals surface area (Å²) in [5.41, 5.74) is 2.25. The fourth-order valence-electron chi connectivity index (χ4n) is 1.71. The number of hydrogen-bond donors (Lipinski definition) is 2. The zero-order valence-electron chi connectivity index (χ0n) is 7.58. The highest BCUT2D eigenvalue weighted by molar-refractivity contribution is 5.66. The number of aliphatic hydroxyl groups is 1. The highest BCUT2D eigenvalue weighted by Crippen LogP contribution is 2.34. The smallest absolute Gasteiger partial charge is 0.142 e. The van der Waals surface area contributed by atoms with E-state index in [9.17, 15) is 0 Å². The predicted octanol–water partition coefficient (Wildman–Crippen LogP) is 1.02. The van der Waals surface area contributed by atoms with Crippen LogP contribution in [-0.4, -0.2) is 24.9 Å². The number of methoxy groups -OCH3 is 1. The molecule has 1 aromatic carbocycles. The second-order valence-electron chi connectivity index (χ2n) is 3.22. The van der Waals surface area contributed by atoms with Crippen molar-refractivity contribution in [2.45, 2.75) is 12.5 Å². The summed E-state index contributed by atoms with van der Waals surface area (Å²) >= 11 is 0. The van der Waals surface area contributed by atoms with E-state index < -0.39 is 0 Å². The summed E-state index contributed by atoms with van der Waals surface area (Å²) < 4.78 is 5.21. The van der Waals surface area contributed by atoms with Gasteiger partial charge in [0.05, 0.1) is 25.4 Å². The SMILES string of the molecule is COc1cccc2c1N[C@@H](CO)C2. The topological polar surface area (TPSA) is 41.5 Å². The molecule has 2 N–H and O–H groups in total. The summed E-state index contributed by atoms with van der Waals surface area (Å²) in [7, 11) is 1.66. The molecule has 0 bridgehead atoms. The molecule has 0 saturated carbocycles. The largest absolute Gasteiger partial charge is 0.495 e. The number of rotatable bonds is 2. The number of fused-ring (bicyclic) bond motifs is 1. The van der Waals surface area contributed by atoms with Gasteiger partial charge in [-0.05, 0) is 18.1 Å².